The third-order valence-corrected chi connectivity index (χ3v) is 5.56. The fraction of sp³-hybridized carbons (Fsp3) is 0.556. The minimum absolute atomic E-state index is 0.00782. The van der Waals surface area contributed by atoms with Crippen LogP contribution in [0.4, 0.5) is 13.2 Å². The summed E-state index contributed by atoms with van der Waals surface area (Å²) in [4.78, 5) is 25.1. The molecule has 0 aromatic heterocycles. The number of likely N-dealkylation sites (tertiary alicyclic amines) is 1. The molecule has 1 amide bonds. The minimum atomic E-state index is -4.22. The van der Waals surface area contributed by atoms with Crippen LogP contribution in [0.15, 0.2) is 24.3 Å². The molecule has 0 radical (unpaired) electrons. The Bertz CT molecular complexity index is 682. The molecule has 1 unspecified atom stereocenters. The number of halogens is 3. The predicted octanol–water partition coefficient (Wildman–Crippen LogP) is 3.51. The molecule has 1 spiro atoms. The Morgan fingerprint density at radius 1 is 1.28 bits per heavy atom. The first-order valence-corrected chi connectivity index (χ1v) is 8.38. The number of carbonyl (C=O) groups is 2. The largest absolute Gasteiger partial charge is 0.478 e. The Morgan fingerprint density at radius 3 is 2.56 bits per heavy atom. The van der Waals surface area contributed by atoms with Crippen LogP contribution in [-0.2, 0) is 11.2 Å². The van der Waals surface area contributed by atoms with E-state index in [0.717, 1.165) is 6.42 Å². The van der Waals surface area contributed by atoms with Gasteiger partial charge in [0.25, 0.3) is 0 Å². The summed E-state index contributed by atoms with van der Waals surface area (Å²) in [5.41, 5.74) is -0.170. The van der Waals surface area contributed by atoms with Crippen LogP contribution in [0.5, 0.6) is 0 Å². The maximum atomic E-state index is 13.3. The molecule has 1 aromatic carbocycles. The molecule has 1 heterocycles. The van der Waals surface area contributed by atoms with E-state index in [0.29, 0.717) is 18.4 Å². The van der Waals surface area contributed by atoms with Crippen molar-refractivity contribution in [3.8, 4) is 0 Å². The van der Waals surface area contributed by atoms with Gasteiger partial charge in [-0.05, 0) is 42.4 Å². The summed E-state index contributed by atoms with van der Waals surface area (Å²) in [7, 11) is 0. The molecule has 25 heavy (non-hydrogen) atoms. The van der Waals surface area contributed by atoms with Crippen LogP contribution in [0.1, 0.15) is 41.6 Å². The van der Waals surface area contributed by atoms with E-state index in [1.165, 1.54) is 17.0 Å². The van der Waals surface area contributed by atoms with Gasteiger partial charge in [-0.25, -0.2) is 4.79 Å². The zero-order valence-corrected chi connectivity index (χ0v) is 13.7. The van der Waals surface area contributed by atoms with Gasteiger partial charge in [0, 0.05) is 13.1 Å². The van der Waals surface area contributed by atoms with Gasteiger partial charge in [0.1, 0.15) is 0 Å². The Balaban J connectivity index is 1.70. The number of nitrogens with zero attached hydrogens (tertiary/aromatic N) is 1. The Morgan fingerprint density at radius 2 is 2.00 bits per heavy atom. The molecule has 1 aliphatic carbocycles. The zero-order valence-electron chi connectivity index (χ0n) is 13.7. The third-order valence-electron chi connectivity index (χ3n) is 5.56. The molecule has 1 aromatic rings. The van der Waals surface area contributed by atoms with Crippen molar-refractivity contribution in [2.24, 2.45) is 11.3 Å². The van der Waals surface area contributed by atoms with Gasteiger partial charge >= 0.3 is 12.1 Å². The van der Waals surface area contributed by atoms with Crippen LogP contribution < -0.4 is 0 Å². The van der Waals surface area contributed by atoms with Gasteiger partial charge in [-0.2, -0.15) is 13.2 Å². The van der Waals surface area contributed by atoms with Crippen molar-refractivity contribution in [3.05, 3.63) is 35.4 Å². The van der Waals surface area contributed by atoms with Crippen LogP contribution >= 0.6 is 0 Å². The summed E-state index contributed by atoms with van der Waals surface area (Å²) in [6.45, 7) is 0.248. The number of hydrogen-bond acceptors (Lipinski definition) is 2. The SMILES string of the molecule is O=C(O)c1cccc(CC(=O)N2CCC(C(F)(F)F)C3(CCC3)C2)c1. The Kier molecular flexibility index (Phi) is 4.51. The Labute approximate surface area is 143 Å². The molecule has 7 heteroatoms. The first-order chi connectivity index (χ1) is 11.7. The van der Waals surface area contributed by atoms with E-state index < -0.39 is 23.5 Å². The number of rotatable bonds is 3. The van der Waals surface area contributed by atoms with Gasteiger partial charge in [0.15, 0.2) is 0 Å². The molecule has 0 bridgehead atoms. The fourth-order valence-electron chi connectivity index (χ4n) is 4.12. The number of carboxylic acids is 1. The van der Waals surface area contributed by atoms with Crippen molar-refractivity contribution in [3.63, 3.8) is 0 Å². The quantitative estimate of drug-likeness (QED) is 0.903. The van der Waals surface area contributed by atoms with Crippen molar-refractivity contribution < 1.29 is 27.9 Å². The second-order valence-electron chi connectivity index (χ2n) is 7.10. The monoisotopic (exact) mass is 355 g/mol. The van der Waals surface area contributed by atoms with Gasteiger partial charge in [-0.1, -0.05) is 18.6 Å². The molecule has 1 aliphatic heterocycles. The molecule has 1 N–H and O–H groups in total. The van der Waals surface area contributed by atoms with Crippen molar-refractivity contribution in [1.82, 2.24) is 4.90 Å². The Hall–Kier alpha value is -2.05. The molecule has 1 atom stereocenters. The van der Waals surface area contributed by atoms with Gasteiger partial charge < -0.3 is 10.0 Å². The van der Waals surface area contributed by atoms with E-state index in [2.05, 4.69) is 0 Å². The number of piperidine rings is 1. The number of carboxylic acid groups (broad SMARTS) is 1. The molecule has 2 aliphatic rings. The van der Waals surface area contributed by atoms with Crippen LogP contribution in [0.25, 0.3) is 0 Å². The highest BCUT2D eigenvalue weighted by Gasteiger charge is 2.58. The summed E-state index contributed by atoms with van der Waals surface area (Å²) >= 11 is 0. The van der Waals surface area contributed by atoms with Crippen LogP contribution in [-0.4, -0.2) is 41.1 Å². The normalized spacial score (nSPS) is 22.5. The minimum Gasteiger partial charge on any atom is -0.478 e. The smallest absolute Gasteiger partial charge is 0.392 e. The van der Waals surface area contributed by atoms with Crippen LogP contribution in [0.3, 0.4) is 0 Å². The summed E-state index contributed by atoms with van der Waals surface area (Å²) < 4.78 is 39.9. The molecular weight excluding hydrogens is 335 g/mol. The number of carbonyl (C=O) groups excluding carboxylic acids is 1. The summed E-state index contributed by atoms with van der Waals surface area (Å²) in [6.07, 6.45) is -2.47. The predicted molar refractivity (Wildman–Crippen MR) is 84.1 cm³/mol. The lowest BCUT2D eigenvalue weighted by atomic mass is 9.58. The number of hydrogen-bond donors (Lipinski definition) is 1. The summed E-state index contributed by atoms with van der Waals surface area (Å²) in [6, 6.07) is 6.09. The number of benzene rings is 1. The van der Waals surface area contributed by atoms with E-state index >= 15 is 0 Å². The third kappa shape index (κ3) is 3.50. The van der Waals surface area contributed by atoms with E-state index in [4.69, 9.17) is 5.11 Å². The van der Waals surface area contributed by atoms with E-state index in [1.54, 1.807) is 12.1 Å². The average molecular weight is 355 g/mol. The standard InChI is InChI=1S/C18H20F3NO3/c19-18(20,21)14-5-8-22(11-17(14)6-2-7-17)15(23)10-12-3-1-4-13(9-12)16(24)25/h1,3-4,9,14H,2,5-8,10-11H2,(H,24,25). The first-order valence-electron chi connectivity index (χ1n) is 8.38. The highest BCUT2D eigenvalue weighted by Crippen LogP contribution is 2.56. The average Bonchev–Trinajstić information content (AvgIpc) is 2.52. The second kappa shape index (κ2) is 6.35. The maximum absolute atomic E-state index is 13.3. The van der Waals surface area contributed by atoms with E-state index in [-0.39, 0.29) is 37.4 Å². The lowest BCUT2D eigenvalue weighted by molar-refractivity contribution is -0.237. The molecule has 136 valence electrons. The van der Waals surface area contributed by atoms with Gasteiger partial charge in [0.05, 0.1) is 17.9 Å². The van der Waals surface area contributed by atoms with Crippen LogP contribution in [0, 0.1) is 11.3 Å². The number of aromatic carboxylic acids is 1. The number of amides is 1. The van der Waals surface area contributed by atoms with Crippen molar-refractivity contribution in [2.45, 2.75) is 38.3 Å². The van der Waals surface area contributed by atoms with Gasteiger partial charge in [-0.15, -0.1) is 0 Å². The van der Waals surface area contributed by atoms with Crippen molar-refractivity contribution in [2.75, 3.05) is 13.1 Å². The second-order valence-corrected chi connectivity index (χ2v) is 7.10. The molecular formula is C18H20F3NO3. The molecule has 3 rings (SSSR count). The molecule has 2 fully saturated rings. The topological polar surface area (TPSA) is 57.6 Å². The van der Waals surface area contributed by atoms with E-state index in [9.17, 15) is 22.8 Å². The molecule has 1 saturated carbocycles. The van der Waals surface area contributed by atoms with Crippen molar-refractivity contribution in [1.29, 1.82) is 0 Å². The maximum Gasteiger partial charge on any atom is 0.392 e. The number of alkyl halides is 3. The first kappa shape index (κ1) is 17.8. The molecule has 1 saturated heterocycles. The summed E-state index contributed by atoms with van der Waals surface area (Å²) in [5.74, 6) is -2.64. The van der Waals surface area contributed by atoms with E-state index in [1.807, 2.05) is 0 Å². The summed E-state index contributed by atoms with van der Waals surface area (Å²) in [5, 5.41) is 9.00. The lowest BCUT2D eigenvalue weighted by Gasteiger charge is -2.54. The fourth-order valence-corrected chi connectivity index (χ4v) is 4.12. The highest BCUT2D eigenvalue weighted by molar-refractivity contribution is 5.88. The van der Waals surface area contributed by atoms with Gasteiger partial charge in [0.2, 0.25) is 5.91 Å². The highest BCUT2D eigenvalue weighted by atomic mass is 19.4. The van der Waals surface area contributed by atoms with Crippen molar-refractivity contribution >= 4 is 11.9 Å². The van der Waals surface area contributed by atoms with Crippen LogP contribution in [0.2, 0.25) is 0 Å². The molecule has 4 nitrogen and oxygen atoms in total. The zero-order chi connectivity index (χ0) is 18.2. The lowest BCUT2D eigenvalue weighted by Crippen LogP contribution is -2.57. The van der Waals surface area contributed by atoms with Gasteiger partial charge in [-0.3, -0.25) is 4.79 Å².